The smallest absolute Gasteiger partial charge is 0.162 e. The highest BCUT2D eigenvalue weighted by atomic mass is 16.5. The molecule has 1 aliphatic rings. The standard InChI is InChI=1S/C22H21N3O2/c1-12-9-13(2)23-17(12)10-18-20(27-4)11-19(24-18)22-21(14(3)26)15-7-5-6-8-16(15)25-22/h5-11,23-24H,1-4H3/b18-10-,22-19?. The molecule has 2 aromatic heterocycles. The number of aromatic nitrogens is 2. The minimum Gasteiger partial charge on any atom is -0.494 e. The lowest BCUT2D eigenvalue weighted by molar-refractivity contribution is -0.111. The summed E-state index contributed by atoms with van der Waals surface area (Å²) in [6, 6.07) is 11.7. The zero-order valence-electron chi connectivity index (χ0n) is 15.8. The molecular formula is C22H21N3O2. The molecule has 27 heavy (non-hydrogen) atoms. The molecule has 0 radical (unpaired) electrons. The van der Waals surface area contributed by atoms with Crippen LogP contribution in [0.4, 0.5) is 0 Å². The van der Waals surface area contributed by atoms with Crippen molar-refractivity contribution < 1.29 is 9.53 Å². The van der Waals surface area contributed by atoms with Gasteiger partial charge in [0.05, 0.1) is 34.4 Å². The third kappa shape index (κ3) is 2.91. The lowest BCUT2D eigenvalue weighted by Crippen LogP contribution is -2.24. The molecule has 0 spiro atoms. The van der Waals surface area contributed by atoms with E-state index in [1.165, 1.54) is 0 Å². The summed E-state index contributed by atoms with van der Waals surface area (Å²) < 4.78 is 5.55. The molecule has 0 unspecified atom stereocenters. The highest BCUT2D eigenvalue weighted by Crippen LogP contribution is 2.15. The van der Waals surface area contributed by atoms with E-state index in [1.54, 1.807) is 14.0 Å². The molecule has 3 aromatic rings. The van der Waals surface area contributed by atoms with Crippen LogP contribution in [0.15, 0.2) is 41.4 Å². The van der Waals surface area contributed by atoms with Gasteiger partial charge in [-0.3, -0.25) is 4.79 Å². The average molecular weight is 359 g/mol. The molecule has 0 bridgehead atoms. The molecule has 1 aliphatic heterocycles. The van der Waals surface area contributed by atoms with Crippen molar-refractivity contribution in [3.8, 4) is 5.75 Å². The van der Waals surface area contributed by atoms with Gasteiger partial charge in [-0.25, -0.2) is 4.99 Å². The van der Waals surface area contributed by atoms with Gasteiger partial charge in [-0.15, -0.1) is 0 Å². The first kappa shape index (κ1) is 17.1. The van der Waals surface area contributed by atoms with E-state index >= 15 is 0 Å². The second kappa shape index (κ2) is 6.43. The van der Waals surface area contributed by atoms with Gasteiger partial charge in [0.1, 0.15) is 5.75 Å². The summed E-state index contributed by atoms with van der Waals surface area (Å²) in [6.07, 6.45) is 2.01. The Balaban J connectivity index is 2.02. The number of ketones is 1. The second-order valence-electron chi connectivity index (χ2n) is 6.77. The number of carbonyl (C=O) groups is 1. The van der Waals surface area contributed by atoms with Crippen LogP contribution < -0.4 is 26.0 Å². The molecule has 0 saturated heterocycles. The molecule has 0 aliphatic carbocycles. The van der Waals surface area contributed by atoms with Gasteiger partial charge in [0, 0.05) is 22.7 Å². The van der Waals surface area contributed by atoms with Gasteiger partial charge in [0.25, 0.3) is 0 Å². The third-order valence-electron chi connectivity index (χ3n) is 4.76. The summed E-state index contributed by atoms with van der Waals surface area (Å²) in [7, 11) is 1.64. The lowest BCUT2D eigenvalue weighted by Gasteiger charge is -1.97. The quantitative estimate of drug-likeness (QED) is 0.732. The minimum absolute atomic E-state index is 0.00589. The van der Waals surface area contributed by atoms with Crippen LogP contribution in [-0.4, -0.2) is 22.9 Å². The summed E-state index contributed by atoms with van der Waals surface area (Å²) in [5.41, 5.74) is 4.57. The Kier molecular flexibility index (Phi) is 4.07. The maximum atomic E-state index is 12.3. The summed E-state index contributed by atoms with van der Waals surface area (Å²) >= 11 is 0. The number of aryl methyl sites for hydroxylation is 2. The minimum atomic E-state index is -0.00589. The van der Waals surface area contributed by atoms with E-state index in [2.05, 4.69) is 23.0 Å². The van der Waals surface area contributed by atoms with Gasteiger partial charge >= 0.3 is 0 Å². The highest BCUT2D eigenvalue weighted by molar-refractivity contribution is 6.27. The molecule has 1 aromatic carbocycles. The molecule has 0 atom stereocenters. The zero-order chi connectivity index (χ0) is 19.1. The van der Waals surface area contributed by atoms with E-state index in [-0.39, 0.29) is 5.78 Å². The number of nitrogens with one attached hydrogen (secondary N) is 2. The number of aromatic amines is 2. The van der Waals surface area contributed by atoms with Crippen molar-refractivity contribution in [2.24, 2.45) is 4.99 Å². The largest absolute Gasteiger partial charge is 0.494 e. The number of hydrogen-bond acceptors (Lipinski definition) is 3. The molecule has 136 valence electrons. The molecule has 2 N–H and O–H groups in total. The third-order valence-corrected chi connectivity index (χ3v) is 4.76. The maximum Gasteiger partial charge on any atom is 0.162 e. The summed E-state index contributed by atoms with van der Waals surface area (Å²) in [5, 5.41) is 3.28. The topological polar surface area (TPSA) is 70.2 Å². The Morgan fingerprint density at radius 1 is 1.15 bits per heavy atom. The number of Topliss-reactive ketones (excluding diaryl/α,β-unsaturated/α-hetero) is 1. The van der Waals surface area contributed by atoms with E-state index in [1.807, 2.05) is 43.3 Å². The number of carbonyl (C=O) groups excluding carboxylic acids is 1. The fourth-order valence-corrected chi connectivity index (χ4v) is 3.54. The number of hydrogen-bond donors (Lipinski definition) is 2. The Morgan fingerprint density at radius 2 is 1.93 bits per heavy atom. The van der Waals surface area contributed by atoms with E-state index in [9.17, 15) is 4.79 Å². The van der Waals surface area contributed by atoms with Crippen molar-refractivity contribution in [1.82, 2.24) is 9.97 Å². The first-order chi connectivity index (χ1) is 13.0. The van der Waals surface area contributed by atoms with Gasteiger partial charge in [0.15, 0.2) is 5.78 Å². The highest BCUT2D eigenvalue weighted by Gasteiger charge is 2.18. The van der Waals surface area contributed by atoms with Gasteiger partial charge in [-0.2, -0.15) is 0 Å². The number of ether oxygens (including phenoxy) is 1. The number of para-hydroxylation sites is 1. The number of H-pyrrole nitrogens is 2. The first-order valence-corrected chi connectivity index (χ1v) is 8.82. The number of methoxy groups -OCH3 is 1. The molecule has 0 fully saturated rings. The Bertz CT molecular complexity index is 1310. The fourth-order valence-electron chi connectivity index (χ4n) is 3.54. The van der Waals surface area contributed by atoms with E-state index < -0.39 is 0 Å². The van der Waals surface area contributed by atoms with Crippen molar-refractivity contribution in [2.45, 2.75) is 20.8 Å². The van der Waals surface area contributed by atoms with Crippen LogP contribution >= 0.6 is 0 Å². The van der Waals surface area contributed by atoms with Crippen LogP contribution in [0, 0.1) is 13.8 Å². The molecule has 0 saturated carbocycles. The zero-order valence-corrected chi connectivity index (χ0v) is 15.8. The van der Waals surface area contributed by atoms with Crippen molar-refractivity contribution in [3.63, 3.8) is 0 Å². The SMILES string of the molecule is COc1cc(=C2N=c3ccccc3=C2C(C)=O)[nH]/c1=C\c1[nH]c(C)cc1C. The van der Waals surface area contributed by atoms with Gasteiger partial charge in [-0.1, -0.05) is 18.2 Å². The monoisotopic (exact) mass is 359 g/mol. The average Bonchev–Trinajstić information content (AvgIpc) is 3.29. The van der Waals surface area contributed by atoms with Gasteiger partial charge in [0.2, 0.25) is 0 Å². The predicted octanol–water partition coefficient (Wildman–Crippen LogP) is 0.978. The van der Waals surface area contributed by atoms with Crippen molar-refractivity contribution >= 4 is 23.1 Å². The molecule has 0 amide bonds. The van der Waals surface area contributed by atoms with E-state index in [0.29, 0.717) is 17.0 Å². The van der Waals surface area contributed by atoms with Crippen LogP contribution in [0.1, 0.15) is 23.9 Å². The summed E-state index contributed by atoms with van der Waals surface area (Å²) in [6.45, 7) is 5.66. The number of nitrogens with zero attached hydrogens (tertiary/aromatic N) is 1. The van der Waals surface area contributed by atoms with Crippen molar-refractivity contribution in [2.75, 3.05) is 7.11 Å². The Labute approximate surface area is 156 Å². The van der Waals surface area contributed by atoms with Crippen LogP contribution in [0.2, 0.25) is 0 Å². The molecule has 5 nitrogen and oxygen atoms in total. The van der Waals surface area contributed by atoms with Crippen LogP contribution in [0.25, 0.3) is 17.3 Å². The number of rotatable bonds is 3. The maximum absolute atomic E-state index is 12.3. The van der Waals surface area contributed by atoms with Crippen LogP contribution in [-0.2, 0) is 4.79 Å². The van der Waals surface area contributed by atoms with Gasteiger partial charge < -0.3 is 14.7 Å². The van der Waals surface area contributed by atoms with Crippen LogP contribution in [0.5, 0.6) is 5.75 Å². The van der Waals surface area contributed by atoms with Gasteiger partial charge in [-0.05, 0) is 44.5 Å². The fraction of sp³-hybridized carbons (Fsp3) is 0.182. The molecular weight excluding hydrogens is 338 g/mol. The first-order valence-electron chi connectivity index (χ1n) is 8.82. The number of benzene rings is 1. The Hall–Kier alpha value is -3.34. The summed E-state index contributed by atoms with van der Waals surface area (Å²) in [5.74, 6) is 0.701. The summed E-state index contributed by atoms with van der Waals surface area (Å²) in [4.78, 5) is 23.7. The Morgan fingerprint density at radius 3 is 2.59 bits per heavy atom. The van der Waals surface area contributed by atoms with E-state index in [0.717, 1.165) is 38.2 Å². The molecule has 3 heterocycles. The predicted molar refractivity (Wildman–Crippen MR) is 105 cm³/mol. The van der Waals surface area contributed by atoms with E-state index in [4.69, 9.17) is 9.73 Å². The van der Waals surface area contributed by atoms with Crippen molar-refractivity contribution in [1.29, 1.82) is 0 Å². The number of fused-ring (bicyclic) bond motifs is 1. The van der Waals surface area contributed by atoms with Crippen molar-refractivity contribution in [3.05, 3.63) is 74.6 Å². The lowest BCUT2D eigenvalue weighted by atomic mass is 10.1. The molecule has 4 rings (SSSR count). The second-order valence-corrected chi connectivity index (χ2v) is 6.77. The molecule has 5 heteroatoms. The van der Waals surface area contributed by atoms with Crippen LogP contribution in [0.3, 0.4) is 0 Å². The normalized spacial score (nSPS) is 15.7.